The van der Waals surface area contributed by atoms with Crippen LogP contribution in [-0.4, -0.2) is 63.9 Å². The topological polar surface area (TPSA) is 110 Å². The van der Waals surface area contributed by atoms with Gasteiger partial charge in [-0.3, -0.25) is 9.36 Å². The summed E-state index contributed by atoms with van der Waals surface area (Å²) in [5, 5.41) is 11.1. The molecule has 0 aromatic carbocycles. The zero-order valence-electron chi connectivity index (χ0n) is 14.0. The van der Waals surface area contributed by atoms with Gasteiger partial charge in [-0.2, -0.15) is 4.98 Å². The Morgan fingerprint density at radius 3 is 3.04 bits per heavy atom. The van der Waals surface area contributed by atoms with Gasteiger partial charge in [-0.05, 0) is 24.9 Å². The number of carbonyl (C=O) groups is 1. The lowest BCUT2D eigenvalue weighted by molar-refractivity contribution is 0.192. The fourth-order valence-corrected chi connectivity index (χ4v) is 3.11. The fourth-order valence-electron chi connectivity index (χ4n) is 3.11. The van der Waals surface area contributed by atoms with Crippen molar-refractivity contribution in [2.45, 2.75) is 13.0 Å². The van der Waals surface area contributed by atoms with Gasteiger partial charge in [0.05, 0.1) is 13.3 Å². The highest BCUT2D eigenvalue weighted by atomic mass is 16.5. The number of ether oxygens (including phenoxy) is 1. The first-order valence-corrected chi connectivity index (χ1v) is 8.16. The Hall–Kier alpha value is -2.68. The first-order chi connectivity index (χ1) is 12.1. The fraction of sp³-hybridized carbons (Fsp3) is 0.500. The number of rotatable bonds is 6. The lowest BCUT2D eigenvalue weighted by Gasteiger charge is -2.17. The van der Waals surface area contributed by atoms with Gasteiger partial charge >= 0.3 is 6.09 Å². The molecule has 134 valence electrons. The van der Waals surface area contributed by atoms with Gasteiger partial charge in [0.2, 0.25) is 5.88 Å². The van der Waals surface area contributed by atoms with Crippen molar-refractivity contribution < 1.29 is 14.6 Å². The minimum absolute atomic E-state index is 0.198. The first kappa shape index (κ1) is 17.2. The molecule has 2 N–H and O–H groups in total. The lowest BCUT2D eigenvalue weighted by Crippen LogP contribution is -2.32. The summed E-state index contributed by atoms with van der Waals surface area (Å²) in [5.41, 5.74) is 0.956. The number of methoxy groups -OCH3 is 1. The highest BCUT2D eigenvalue weighted by Gasteiger charge is 2.22. The smallest absolute Gasteiger partial charge is 0.404 e. The molecule has 0 aliphatic carbocycles. The Kier molecular flexibility index (Phi) is 5.13. The van der Waals surface area contributed by atoms with Crippen molar-refractivity contribution in [2.75, 3.05) is 33.3 Å². The molecule has 3 rings (SSSR count). The van der Waals surface area contributed by atoms with Crippen molar-refractivity contribution in [3.63, 3.8) is 0 Å². The maximum absolute atomic E-state index is 12.2. The number of nitrogens with zero attached hydrogens (tertiary/aromatic N) is 4. The van der Waals surface area contributed by atoms with Crippen LogP contribution in [0.1, 0.15) is 6.42 Å². The van der Waals surface area contributed by atoms with Gasteiger partial charge in [-0.25, -0.2) is 9.78 Å². The minimum atomic E-state index is -0.992. The summed E-state index contributed by atoms with van der Waals surface area (Å²) in [7, 11) is 1.53. The highest BCUT2D eigenvalue weighted by Crippen LogP contribution is 2.16. The second-order valence-electron chi connectivity index (χ2n) is 6.09. The Balaban J connectivity index is 1.68. The van der Waals surface area contributed by atoms with Crippen LogP contribution < -0.4 is 15.6 Å². The molecule has 1 unspecified atom stereocenters. The third-order valence-corrected chi connectivity index (χ3v) is 4.43. The SMILES string of the molecule is COc1ccc2ncc(=O)n(CCN3CCC(CNC(=O)O)C3)c2n1. The average Bonchev–Trinajstić information content (AvgIpc) is 3.06. The maximum Gasteiger partial charge on any atom is 0.404 e. The highest BCUT2D eigenvalue weighted by molar-refractivity contribution is 5.70. The van der Waals surface area contributed by atoms with Crippen LogP contribution in [0, 0.1) is 5.92 Å². The molecule has 1 aliphatic rings. The second kappa shape index (κ2) is 7.47. The molecule has 1 fully saturated rings. The molecule has 0 saturated carbocycles. The predicted octanol–water partition coefficient (Wildman–Crippen LogP) is 0.390. The van der Waals surface area contributed by atoms with Crippen LogP contribution in [0.25, 0.3) is 11.2 Å². The van der Waals surface area contributed by atoms with Gasteiger partial charge in [-0.1, -0.05) is 0 Å². The van der Waals surface area contributed by atoms with Crippen LogP contribution in [0.4, 0.5) is 4.79 Å². The van der Waals surface area contributed by atoms with Crippen molar-refractivity contribution in [1.82, 2.24) is 24.8 Å². The lowest BCUT2D eigenvalue weighted by atomic mass is 10.1. The van der Waals surface area contributed by atoms with Crippen LogP contribution >= 0.6 is 0 Å². The van der Waals surface area contributed by atoms with Crippen LogP contribution in [0.15, 0.2) is 23.1 Å². The quantitative estimate of drug-likeness (QED) is 0.778. The Morgan fingerprint density at radius 1 is 1.44 bits per heavy atom. The maximum atomic E-state index is 12.2. The molecule has 1 aliphatic heterocycles. The summed E-state index contributed by atoms with van der Waals surface area (Å²) in [4.78, 5) is 33.5. The summed E-state index contributed by atoms with van der Waals surface area (Å²) in [6.45, 7) is 3.36. The Labute approximate surface area is 144 Å². The minimum Gasteiger partial charge on any atom is -0.481 e. The summed E-state index contributed by atoms with van der Waals surface area (Å²) in [6.07, 6.45) is 1.26. The van der Waals surface area contributed by atoms with Gasteiger partial charge in [0.1, 0.15) is 5.52 Å². The van der Waals surface area contributed by atoms with E-state index in [4.69, 9.17) is 9.84 Å². The number of hydrogen-bond donors (Lipinski definition) is 2. The van der Waals surface area contributed by atoms with Crippen LogP contribution in [0.5, 0.6) is 5.88 Å². The Morgan fingerprint density at radius 2 is 2.28 bits per heavy atom. The summed E-state index contributed by atoms with van der Waals surface area (Å²) in [6, 6.07) is 3.49. The van der Waals surface area contributed by atoms with E-state index in [1.54, 1.807) is 16.7 Å². The molecule has 1 amide bonds. The largest absolute Gasteiger partial charge is 0.481 e. The molecule has 9 nitrogen and oxygen atoms in total. The number of fused-ring (bicyclic) bond motifs is 1. The van der Waals surface area contributed by atoms with Crippen LogP contribution in [-0.2, 0) is 6.54 Å². The van der Waals surface area contributed by atoms with E-state index < -0.39 is 6.09 Å². The predicted molar refractivity (Wildman–Crippen MR) is 90.9 cm³/mol. The van der Waals surface area contributed by atoms with Gasteiger partial charge in [-0.15, -0.1) is 0 Å². The van der Waals surface area contributed by atoms with E-state index in [1.807, 2.05) is 0 Å². The van der Waals surface area contributed by atoms with E-state index in [2.05, 4.69) is 20.2 Å². The van der Waals surface area contributed by atoms with Crippen LogP contribution in [0.3, 0.4) is 0 Å². The summed E-state index contributed by atoms with van der Waals surface area (Å²) >= 11 is 0. The third kappa shape index (κ3) is 4.05. The van der Waals surface area contributed by atoms with E-state index in [0.717, 1.165) is 19.5 Å². The number of hydrogen-bond acceptors (Lipinski definition) is 6. The number of carboxylic acid groups (broad SMARTS) is 1. The molecule has 25 heavy (non-hydrogen) atoms. The van der Waals surface area contributed by atoms with Crippen molar-refractivity contribution in [1.29, 1.82) is 0 Å². The zero-order chi connectivity index (χ0) is 17.8. The van der Waals surface area contributed by atoms with Crippen molar-refractivity contribution in [3.8, 4) is 5.88 Å². The molecule has 0 bridgehead atoms. The molecular weight excluding hydrogens is 326 g/mol. The molecule has 1 atom stereocenters. The molecular formula is C16H21N5O4. The van der Waals surface area contributed by atoms with E-state index in [0.29, 0.717) is 42.6 Å². The van der Waals surface area contributed by atoms with E-state index in [9.17, 15) is 9.59 Å². The average molecular weight is 347 g/mol. The molecule has 0 radical (unpaired) electrons. The molecule has 0 spiro atoms. The van der Waals surface area contributed by atoms with Crippen molar-refractivity contribution in [2.24, 2.45) is 5.92 Å². The standard InChI is InChI=1S/C16H21N5O4/c1-25-13-3-2-12-15(19-13)21(14(22)9-17-12)7-6-20-5-4-11(10-20)8-18-16(23)24/h2-3,9,11,18H,4-8,10H2,1H3,(H,23,24). The van der Waals surface area contributed by atoms with Gasteiger partial charge < -0.3 is 20.1 Å². The molecule has 2 aromatic heterocycles. The normalized spacial score (nSPS) is 17.7. The number of nitrogens with one attached hydrogen (secondary N) is 1. The number of pyridine rings is 1. The molecule has 3 heterocycles. The number of amides is 1. The molecule has 9 heteroatoms. The van der Waals surface area contributed by atoms with Gasteiger partial charge in [0.25, 0.3) is 5.56 Å². The van der Waals surface area contributed by atoms with E-state index >= 15 is 0 Å². The number of aromatic nitrogens is 3. The Bertz CT molecular complexity index is 822. The molecule has 1 saturated heterocycles. The summed E-state index contributed by atoms with van der Waals surface area (Å²) < 4.78 is 6.74. The van der Waals surface area contributed by atoms with E-state index in [-0.39, 0.29) is 5.56 Å². The molecule has 2 aromatic rings. The van der Waals surface area contributed by atoms with E-state index in [1.165, 1.54) is 13.3 Å². The van der Waals surface area contributed by atoms with Gasteiger partial charge in [0, 0.05) is 32.2 Å². The summed E-state index contributed by atoms with van der Waals surface area (Å²) in [5.74, 6) is 0.745. The van der Waals surface area contributed by atoms with Crippen LogP contribution in [0.2, 0.25) is 0 Å². The van der Waals surface area contributed by atoms with Gasteiger partial charge in [0.15, 0.2) is 5.65 Å². The number of likely N-dealkylation sites (tertiary alicyclic amines) is 1. The van der Waals surface area contributed by atoms with Crippen molar-refractivity contribution >= 4 is 17.3 Å². The third-order valence-electron chi connectivity index (χ3n) is 4.43. The monoisotopic (exact) mass is 347 g/mol. The second-order valence-corrected chi connectivity index (χ2v) is 6.09. The zero-order valence-corrected chi connectivity index (χ0v) is 14.0. The van der Waals surface area contributed by atoms with Crippen molar-refractivity contribution in [3.05, 3.63) is 28.7 Å². The first-order valence-electron chi connectivity index (χ1n) is 8.16.